The van der Waals surface area contributed by atoms with Crippen molar-refractivity contribution in [2.24, 2.45) is 7.05 Å². The van der Waals surface area contributed by atoms with Gasteiger partial charge in [-0.3, -0.25) is 9.48 Å². The second-order valence-corrected chi connectivity index (χ2v) is 4.99. The van der Waals surface area contributed by atoms with Gasteiger partial charge in [0.1, 0.15) is 0 Å². The second-order valence-electron chi connectivity index (χ2n) is 4.99. The van der Waals surface area contributed by atoms with Gasteiger partial charge in [-0.2, -0.15) is 5.10 Å². The van der Waals surface area contributed by atoms with Crippen molar-refractivity contribution < 1.29 is 4.79 Å². The molecule has 1 saturated heterocycles. The molecule has 0 aromatic carbocycles. The molecular formula is C13H22N4O. The van der Waals surface area contributed by atoms with Crippen LogP contribution in [0.25, 0.3) is 0 Å². The van der Waals surface area contributed by atoms with Gasteiger partial charge in [-0.05, 0) is 31.9 Å². The van der Waals surface area contributed by atoms with Gasteiger partial charge in [0, 0.05) is 38.8 Å². The molecule has 100 valence electrons. The molecule has 1 N–H and O–H groups in total. The molecule has 0 saturated carbocycles. The van der Waals surface area contributed by atoms with E-state index in [2.05, 4.69) is 10.4 Å². The van der Waals surface area contributed by atoms with E-state index in [4.69, 9.17) is 0 Å². The Balaban J connectivity index is 1.80. The van der Waals surface area contributed by atoms with Crippen LogP contribution in [0.4, 0.5) is 0 Å². The van der Waals surface area contributed by atoms with E-state index < -0.39 is 0 Å². The van der Waals surface area contributed by atoms with Gasteiger partial charge in [0.2, 0.25) is 5.91 Å². The number of nitrogens with one attached hydrogen (secondary N) is 1. The minimum absolute atomic E-state index is 0.263. The third kappa shape index (κ3) is 3.32. The zero-order chi connectivity index (χ0) is 13.0. The third-order valence-corrected chi connectivity index (χ3v) is 3.57. The molecule has 2 rings (SSSR count). The Kier molecular flexibility index (Phi) is 4.36. The molecule has 0 radical (unpaired) electrons. The highest BCUT2D eigenvalue weighted by Gasteiger charge is 2.22. The number of hydrogen-bond acceptors (Lipinski definition) is 3. The summed E-state index contributed by atoms with van der Waals surface area (Å²) in [4.78, 5) is 14.1. The molecule has 1 aromatic heterocycles. The average Bonchev–Trinajstić information content (AvgIpc) is 2.82. The van der Waals surface area contributed by atoms with E-state index in [0.717, 1.165) is 31.5 Å². The van der Waals surface area contributed by atoms with Crippen molar-refractivity contribution in [2.75, 3.05) is 20.1 Å². The minimum Gasteiger partial charge on any atom is -0.341 e. The minimum atomic E-state index is 0.263. The van der Waals surface area contributed by atoms with Crippen molar-refractivity contribution in [3.8, 4) is 0 Å². The summed E-state index contributed by atoms with van der Waals surface area (Å²) in [5.41, 5.74) is 1.13. The van der Waals surface area contributed by atoms with Crippen molar-refractivity contribution >= 4 is 5.91 Å². The SMILES string of the molecule is CNC1CCCN(C(=O)CCc2cnn(C)c2)C1. The molecule has 1 fully saturated rings. The average molecular weight is 250 g/mol. The number of rotatable bonds is 4. The molecule has 5 nitrogen and oxygen atoms in total. The number of aryl methyl sites for hydroxylation is 2. The summed E-state index contributed by atoms with van der Waals surface area (Å²) < 4.78 is 1.78. The van der Waals surface area contributed by atoms with Crippen LogP contribution in [0.15, 0.2) is 12.4 Å². The third-order valence-electron chi connectivity index (χ3n) is 3.57. The van der Waals surface area contributed by atoms with Crippen LogP contribution in [-0.4, -0.2) is 46.8 Å². The van der Waals surface area contributed by atoms with Gasteiger partial charge in [-0.15, -0.1) is 0 Å². The molecule has 0 aliphatic carbocycles. The van der Waals surface area contributed by atoms with Gasteiger partial charge in [-0.1, -0.05) is 0 Å². The number of hydrogen-bond donors (Lipinski definition) is 1. The second kappa shape index (κ2) is 6.00. The zero-order valence-electron chi connectivity index (χ0n) is 11.2. The monoisotopic (exact) mass is 250 g/mol. The summed E-state index contributed by atoms with van der Waals surface area (Å²) >= 11 is 0. The van der Waals surface area contributed by atoms with Crippen molar-refractivity contribution in [3.05, 3.63) is 18.0 Å². The van der Waals surface area contributed by atoms with Crippen LogP contribution in [0, 0.1) is 0 Å². The fraction of sp³-hybridized carbons (Fsp3) is 0.692. The summed E-state index contributed by atoms with van der Waals surface area (Å²) in [6, 6.07) is 0.459. The van der Waals surface area contributed by atoms with Crippen LogP contribution in [0.1, 0.15) is 24.8 Å². The molecule has 1 atom stereocenters. The Hall–Kier alpha value is -1.36. The van der Waals surface area contributed by atoms with Gasteiger partial charge in [0.05, 0.1) is 6.20 Å². The summed E-state index contributed by atoms with van der Waals surface area (Å²) in [6.45, 7) is 1.76. The van der Waals surface area contributed by atoms with E-state index in [9.17, 15) is 4.79 Å². The van der Waals surface area contributed by atoms with Crippen LogP contribution < -0.4 is 5.32 Å². The largest absolute Gasteiger partial charge is 0.341 e. The highest BCUT2D eigenvalue weighted by molar-refractivity contribution is 5.76. The molecule has 5 heteroatoms. The van der Waals surface area contributed by atoms with Gasteiger partial charge < -0.3 is 10.2 Å². The smallest absolute Gasteiger partial charge is 0.222 e. The normalized spacial score (nSPS) is 20.1. The lowest BCUT2D eigenvalue weighted by molar-refractivity contribution is -0.132. The lowest BCUT2D eigenvalue weighted by atomic mass is 10.0. The Morgan fingerprint density at radius 1 is 1.61 bits per heavy atom. The number of aromatic nitrogens is 2. The van der Waals surface area contributed by atoms with E-state index in [1.807, 2.05) is 31.4 Å². The molecule has 1 aromatic rings. The van der Waals surface area contributed by atoms with Gasteiger partial charge in [-0.25, -0.2) is 0 Å². The van der Waals surface area contributed by atoms with Gasteiger partial charge in [0.25, 0.3) is 0 Å². The first-order chi connectivity index (χ1) is 8.69. The van der Waals surface area contributed by atoms with E-state index >= 15 is 0 Å². The molecular weight excluding hydrogens is 228 g/mol. The topological polar surface area (TPSA) is 50.2 Å². The Bertz CT molecular complexity index is 401. The number of nitrogens with zero attached hydrogens (tertiary/aromatic N) is 3. The van der Waals surface area contributed by atoms with Crippen LogP contribution in [0.2, 0.25) is 0 Å². The lowest BCUT2D eigenvalue weighted by Gasteiger charge is -2.32. The Morgan fingerprint density at radius 2 is 2.44 bits per heavy atom. The number of likely N-dealkylation sites (tertiary alicyclic amines) is 1. The molecule has 0 spiro atoms. The molecule has 18 heavy (non-hydrogen) atoms. The predicted molar refractivity (Wildman–Crippen MR) is 70.2 cm³/mol. The Labute approximate surface area is 108 Å². The fourth-order valence-electron chi connectivity index (χ4n) is 2.45. The first-order valence-corrected chi connectivity index (χ1v) is 6.61. The summed E-state index contributed by atoms with van der Waals surface area (Å²) in [5, 5.41) is 7.37. The van der Waals surface area contributed by atoms with Crippen LogP contribution in [0.3, 0.4) is 0 Å². The predicted octanol–water partition coefficient (Wildman–Crippen LogP) is 0.563. The molecule has 1 unspecified atom stereocenters. The lowest BCUT2D eigenvalue weighted by Crippen LogP contribution is -2.47. The van der Waals surface area contributed by atoms with Crippen LogP contribution in [0.5, 0.6) is 0 Å². The summed E-state index contributed by atoms with van der Waals surface area (Å²) in [7, 11) is 3.86. The van der Waals surface area contributed by atoms with E-state index in [1.165, 1.54) is 6.42 Å². The maximum atomic E-state index is 12.1. The molecule has 0 bridgehead atoms. The molecule has 1 amide bonds. The number of carbonyl (C=O) groups excluding carboxylic acids is 1. The maximum absolute atomic E-state index is 12.1. The number of carbonyl (C=O) groups is 1. The quantitative estimate of drug-likeness (QED) is 0.849. The zero-order valence-corrected chi connectivity index (χ0v) is 11.2. The standard InChI is InChI=1S/C13H22N4O/c1-14-12-4-3-7-17(10-12)13(18)6-5-11-8-15-16(2)9-11/h8-9,12,14H,3-7,10H2,1-2H3. The summed E-state index contributed by atoms with van der Waals surface area (Å²) in [6.07, 6.45) is 7.45. The first kappa shape index (κ1) is 13.1. The van der Waals surface area contributed by atoms with Crippen molar-refractivity contribution in [1.82, 2.24) is 20.0 Å². The molecule has 1 aliphatic rings. The number of piperidine rings is 1. The maximum Gasteiger partial charge on any atom is 0.222 e. The molecule has 2 heterocycles. The number of amides is 1. The van der Waals surface area contributed by atoms with Gasteiger partial charge >= 0.3 is 0 Å². The van der Waals surface area contributed by atoms with Crippen molar-refractivity contribution in [1.29, 1.82) is 0 Å². The van der Waals surface area contributed by atoms with Crippen LogP contribution >= 0.6 is 0 Å². The fourth-order valence-corrected chi connectivity index (χ4v) is 2.45. The van der Waals surface area contributed by atoms with E-state index in [0.29, 0.717) is 12.5 Å². The molecule has 1 aliphatic heterocycles. The van der Waals surface area contributed by atoms with E-state index in [-0.39, 0.29) is 5.91 Å². The van der Waals surface area contributed by atoms with Crippen molar-refractivity contribution in [3.63, 3.8) is 0 Å². The number of likely N-dealkylation sites (N-methyl/N-ethyl adjacent to an activating group) is 1. The highest BCUT2D eigenvalue weighted by Crippen LogP contribution is 2.12. The van der Waals surface area contributed by atoms with E-state index in [1.54, 1.807) is 4.68 Å². The van der Waals surface area contributed by atoms with Crippen molar-refractivity contribution in [2.45, 2.75) is 31.7 Å². The summed E-state index contributed by atoms with van der Waals surface area (Å²) in [5.74, 6) is 0.263. The van der Waals surface area contributed by atoms with Gasteiger partial charge in [0.15, 0.2) is 0 Å². The first-order valence-electron chi connectivity index (χ1n) is 6.61. The highest BCUT2D eigenvalue weighted by atomic mass is 16.2. The Morgan fingerprint density at radius 3 is 3.11 bits per heavy atom. The van der Waals surface area contributed by atoms with Crippen LogP contribution in [-0.2, 0) is 18.3 Å².